The van der Waals surface area contributed by atoms with Gasteiger partial charge in [-0.2, -0.15) is 9.97 Å². The zero-order valence-corrected chi connectivity index (χ0v) is 26.7. The lowest BCUT2D eigenvalue weighted by atomic mass is 9.99. The molecule has 5 aromatic heterocycles. The summed E-state index contributed by atoms with van der Waals surface area (Å²) in [5.41, 5.74) is 9.49. The Morgan fingerprint density at radius 3 is 1.74 bits per heavy atom. The van der Waals surface area contributed by atoms with Gasteiger partial charge in [0.15, 0.2) is 11.6 Å². The first-order valence-corrected chi connectivity index (χ1v) is 16.7. The van der Waals surface area contributed by atoms with Gasteiger partial charge in [-0.25, -0.2) is 9.97 Å². The van der Waals surface area contributed by atoms with Crippen molar-refractivity contribution >= 4 is 60.0 Å². The van der Waals surface area contributed by atoms with E-state index in [0.717, 1.165) is 60.6 Å². The maximum absolute atomic E-state index is 5.20. The van der Waals surface area contributed by atoms with Crippen LogP contribution < -0.4 is 0 Å². The van der Waals surface area contributed by atoms with Crippen LogP contribution in [0.2, 0.25) is 0 Å². The van der Waals surface area contributed by atoms with E-state index in [1.165, 1.54) is 21.7 Å². The predicted molar refractivity (Wildman–Crippen MR) is 203 cm³/mol. The molecule has 0 bridgehead atoms. The Morgan fingerprint density at radius 1 is 0.400 bits per heavy atom. The minimum atomic E-state index is 0.583. The summed E-state index contributed by atoms with van der Waals surface area (Å²) in [7, 11) is 0. The van der Waals surface area contributed by atoms with Crippen LogP contribution in [0.4, 0.5) is 0 Å². The second-order valence-electron chi connectivity index (χ2n) is 12.7. The Kier molecular flexibility index (Phi) is 5.57. The quantitative estimate of drug-likeness (QED) is 0.192. The molecular formula is C44H26N6. The van der Waals surface area contributed by atoms with Crippen molar-refractivity contribution in [3.8, 4) is 39.9 Å². The van der Waals surface area contributed by atoms with Crippen LogP contribution in [0.25, 0.3) is 99.9 Å². The molecule has 0 fully saturated rings. The van der Waals surface area contributed by atoms with Crippen LogP contribution in [0.3, 0.4) is 0 Å². The van der Waals surface area contributed by atoms with Crippen molar-refractivity contribution in [2.24, 2.45) is 0 Å². The van der Waals surface area contributed by atoms with Gasteiger partial charge < -0.3 is 0 Å². The molecule has 0 radical (unpaired) electrons. The molecule has 0 spiro atoms. The van der Waals surface area contributed by atoms with E-state index in [0.29, 0.717) is 17.6 Å². The summed E-state index contributed by atoms with van der Waals surface area (Å²) >= 11 is 0. The summed E-state index contributed by atoms with van der Waals surface area (Å²) in [6, 6.07) is 52.9. The Balaban J connectivity index is 1.16. The van der Waals surface area contributed by atoms with E-state index in [4.69, 9.17) is 19.9 Å². The smallest absolute Gasteiger partial charge is 0.238 e. The summed E-state index contributed by atoms with van der Waals surface area (Å²) in [5, 5.41) is 7.14. The minimum Gasteiger partial charge on any atom is -0.292 e. The predicted octanol–water partition coefficient (Wildman–Crippen LogP) is 10.5. The maximum Gasteiger partial charge on any atom is 0.238 e. The first-order chi connectivity index (χ1) is 24.8. The second-order valence-corrected chi connectivity index (χ2v) is 12.7. The Hall–Kier alpha value is -6.92. The minimum absolute atomic E-state index is 0.583. The molecule has 0 aliphatic rings. The van der Waals surface area contributed by atoms with Crippen molar-refractivity contribution in [1.29, 1.82) is 0 Å². The Labute approximate surface area is 285 Å². The highest BCUT2D eigenvalue weighted by Crippen LogP contribution is 2.42. The summed E-state index contributed by atoms with van der Waals surface area (Å²) in [6.45, 7) is 0. The number of hydrogen-bond acceptors (Lipinski definition) is 4. The first-order valence-electron chi connectivity index (χ1n) is 16.7. The van der Waals surface area contributed by atoms with Gasteiger partial charge in [-0.3, -0.25) is 8.97 Å². The summed E-state index contributed by atoms with van der Waals surface area (Å²) in [6.07, 6.45) is 1.88. The van der Waals surface area contributed by atoms with E-state index in [-0.39, 0.29) is 0 Å². The topological polar surface area (TPSA) is 60.9 Å². The third-order valence-corrected chi connectivity index (χ3v) is 9.97. The monoisotopic (exact) mass is 638 g/mol. The molecule has 6 heteroatoms. The SMILES string of the molecule is c1ccc(-c2nc(-c3cccc(-c4cccc5c6cccc7c8cccnc8n(c45)c76)c3)nc(-n3c4ccccc4c4ccccc43)n2)cc1. The van der Waals surface area contributed by atoms with Gasteiger partial charge in [0.1, 0.15) is 5.65 Å². The number of hydrogen-bond donors (Lipinski definition) is 0. The van der Waals surface area contributed by atoms with E-state index >= 15 is 0 Å². The van der Waals surface area contributed by atoms with Crippen molar-refractivity contribution in [1.82, 2.24) is 28.9 Å². The molecule has 0 N–H and O–H groups in total. The number of aromatic nitrogens is 6. The van der Waals surface area contributed by atoms with Gasteiger partial charge in [-0.1, -0.05) is 121 Å². The van der Waals surface area contributed by atoms with Crippen molar-refractivity contribution in [3.63, 3.8) is 0 Å². The fourth-order valence-corrected chi connectivity index (χ4v) is 7.84. The van der Waals surface area contributed by atoms with Gasteiger partial charge in [0, 0.05) is 55.2 Å². The molecule has 0 aliphatic heterocycles. The van der Waals surface area contributed by atoms with Gasteiger partial charge in [0.25, 0.3) is 0 Å². The lowest BCUT2D eigenvalue weighted by Gasteiger charge is -2.12. The molecule has 0 unspecified atom stereocenters. The number of rotatable bonds is 4. The van der Waals surface area contributed by atoms with Gasteiger partial charge in [0.2, 0.25) is 5.95 Å². The van der Waals surface area contributed by atoms with Crippen molar-refractivity contribution in [2.45, 2.75) is 0 Å². The summed E-state index contributed by atoms with van der Waals surface area (Å²) in [4.78, 5) is 20.3. The molecule has 5 heterocycles. The van der Waals surface area contributed by atoms with E-state index < -0.39 is 0 Å². The van der Waals surface area contributed by atoms with Crippen LogP contribution in [0.5, 0.6) is 0 Å². The number of fused-ring (bicyclic) bond motifs is 9. The zero-order chi connectivity index (χ0) is 32.8. The molecule has 11 rings (SSSR count). The lowest BCUT2D eigenvalue weighted by molar-refractivity contribution is 0.953. The lowest BCUT2D eigenvalue weighted by Crippen LogP contribution is -2.06. The number of benzene rings is 6. The fourth-order valence-electron chi connectivity index (χ4n) is 7.84. The van der Waals surface area contributed by atoms with Crippen molar-refractivity contribution in [3.05, 3.63) is 158 Å². The third-order valence-electron chi connectivity index (χ3n) is 9.97. The van der Waals surface area contributed by atoms with Crippen LogP contribution in [0, 0.1) is 0 Å². The molecule has 0 saturated heterocycles. The summed E-state index contributed by atoms with van der Waals surface area (Å²) < 4.78 is 4.50. The van der Waals surface area contributed by atoms with Crippen LogP contribution >= 0.6 is 0 Å². The van der Waals surface area contributed by atoms with Crippen LogP contribution in [-0.4, -0.2) is 28.9 Å². The Morgan fingerprint density at radius 2 is 0.960 bits per heavy atom. The van der Waals surface area contributed by atoms with E-state index in [1.54, 1.807) is 0 Å². The Bertz CT molecular complexity index is 3050. The highest BCUT2D eigenvalue weighted by molar-refractivity contribution is 6.24. The maximum atomic E-state index is 5.20. The molecule has 0 aliphatic carbocycles. The normalized spacial score (nSPS) is 12.0. The average Bonchev–Trinajstić information content (AvgIpc) is 3.83. The number of pyridine rings is 1. The van der Waals surface area contributed by atoms with Gasteiger partial charge >= 0.3 is 0 Å². The molecule has 50 heavy (non-hydrogen) atoms. The standard InChI is InChI=1S/C44H26N6/c1-2-12-27(13-3-1)41-46-42(48-44(47-41)49-37-23-6-4-16-31(37)32-17-5-7-24-38(32)49)29-15-8-14-28(26-29)30-18-9-19-33-34-20-10-21-35-36-22-11-25-45-43(36)50(39(30)33)40(34)35/h1-26H. The second kappa shape index (κ2) is 10.3. The van der Waals surface area contributed by atoms with E-state index in [2.05, 4.69) is 124 Å². The molecular weight excluding hydrogens is 613 g/mol. The molecule has 11 aromatic rings. The molecule has 232 valence electrons. The fraction of sp³-hybridized carbons (Fsp3) is 0. The average molecular weight is 639 g/mol. The molecule has 0 atom stereocenters. The highest BCUT2D eigenvalue weighted by atomic mass is 15.2. The van der Waals surface area contributed by atoms with Crippen molar-refractivity contribution in [2.75, 3.05) is 0 Å². The number of para-hydroxylation sites is 4. The zero-order valence-electron chi connectivity index (χ0n) is 26.7. The van der Waals surface area contributed by atoms with Crippen molar-refractivity contribution < 1.29 is 0 Å². The van der Waals surface area contributed by atoms with Gasteiger partial charge in [0.05, 0.1) is 22.1 Å². The third kappa shape index (κ3) is 3.78. The molecule has 6 aromatic carbocycles. The van der Waals surface area contributed by atoms with Gasteiger partial charge in [-0.05, 0) is 35.9 Å². The first kappa shape index (κ1) is 27.1. The van der Waals surface area contributed by atoms with E-state index in [9.17, 15) is 0 Å². The van der Waals surface area contributed by atoms with E-state index in [1.807, 2.05) is 42.6 Å². The van der Waals surface area contributed by atoms with Crippen LogP contribution in [0.1, 0.15) is 0 Å². The van der Waals surface area contributed by atoms with Crippen LogP contribution in [0.15, 0.2) is 158 Å². The highest BCUT2D eigenvalue weighted by Gasteiger charge is 2.21. The molecule has 0 amide bonds. The van der Waals surface area contributed by atoms with Gasteiger partial charge in [-0.15, -0.1) is 0 Å². The molecule has 6 nitrogen and oxygen atoms in total. The summed E-state index contributed by atoms with van der Waals surface area (Å²) in [5.74, 6) is 1.82. The number of nitrogens with zero attached hydrogens (tertiary/aromatic N) is 6. The van der Waals surface area contributed by atoms with Crippen LogP contribution in [-0.2, 0) is 0 Å². The molecule has 0 saturated carbocycles. The largest absolute Gasteiger partial charge is 0.292 e.